The minimum Gasteiger partial charge on any atom is -0.489 e. The number of fused-ring (bicyclic) bond motifs is 1. The van der Waals surface area contributed by atoms with Crippen LogP contribution in [0.15, 0.2) is 41.1 Å². The van der Waals surface area contributed by atoms with E-state index in [0.717, 1.165) is 12.8 Å². The Balaban J connectivity index is 1.85. The van der Waals surface area contributed by atoms with Gasteiger partial charge in [0.25, 0.3) is 5.56 Å². The molecule has 2 aromatic rings. The van der Waals surface area contributed by atoms with Crippen molar-refractivity contribution >= 4 is 10.8 Å². The molecule has 7 heteroatoms. The third-order valence-corrected chi connectivity index (χ3v) is 4.16. The normalized spacial score (nSPS) is 16.5. The lowest BCUT2D eigenvalue weighted by atomic mass is 10.1. The van der Waals surface area contributed by atoms with Crippen LogP contribution in [0.5, 0.6) is 5.75 Å². The van der Waals surface area contributed by atoms with E-state index in [1.54, 1.807) is 29.1 Å². The summed E-state index contributed by atoms with van der Waals surface area (Å²) in [5, 5.41) is 5.58. The third-order valence-electron chi connectivity index (χ3n) is 4.16. The highest BCUT2D eigenvalue weighted by Crippen LogP contribution is 2.21. The molecule has 0 amide bonds. The maximum absolute atomic E-state index is 12.6. The van der Waals surface area contributed by atoms with Crippen molar-refractivity contribution in [2.45, 2.75) is 18.9 Å². The predicted octanol–water partition coefficient (Wildman–Crippen LogP) is 1.94. The summed E-state index contributed by atoms with van der Waals surface area (Å²) in [5.41, 5.74) is 5.64. The van der Waals surface area contributed by atoms with Crippen LogP contribution in [0.3, 0.4) is 0 Å². The van der Waals surface area contributed by atoms with E-state index in [1.807, 2.05) is 0 Å². The van der Waals surface area contributed by atoms with Crippen molar-refractivity contribution in [2.75, 3.05) is 26.4 Å². The first-order chi connectivity index (χ1) is 11.7. The molecule has 0 radical (unpaired) electrons. The van der Waals surface area contributed by atoms with Gasteiger partial charge in [-0.25, -0.2) is 9.07 Å². The maximum atomic E-state index is 12.6. The summed E-state index contributed by atoms with van der Waals surface area (Å²) in [7, 11) is 0. The van der Waals surface area contributed by atoms with Crippen molar-refractivity contribution in [1.29, 1.82) is 0 Å². The molecule has 1 aromatic heterocycles. The Hall–Kier alpha value is -2.25. The zero-order chi connectivity index (χ0) is 16.9. The van der Waals surface area contributed by atoms with Crippen molar-refractivity contribution in [3.63, 3.8) is 0 Å². The molecule has 0 saturated carbocycles. The molecule has 2 heterocycles. The van der Waals surface area contributed by atoms with Crippen molar-refractivity contribution in [2.24, 2.45) is 5.73 Å². The fourth-order valence-corrected chi connectivity index (χ4v) is 2.73. The summed E-state index contributed by atoms with van der Waals surface area (Å²) in [4.78, 5) is 12.6. The van der Waals surface area contributed by atoms with Crippen LogP contribution in [-0.4, -0.2) is 36.1 Å². The largest absolute Gasteiger partial charge is 0.489 e. The van der Waals surface area contributed by atoms with E-state index < -0.39 is 0 Å². The van der Waals surface area contributed by atoms with E-state index in [0.29, 0.717) is 41.6 Å². The van der Waals surface area contributed by atoms with E-state index in [-0.39, 0.29) is 24.8 Å². The number of hydrogen-bond acceptors (Lipinski definition) is 5. The molecule has 6 nitrogen and oxygen atoms in total. The molecular weight excluding hydrogens is 313 g/mol. The molecule has 3 rings (SSSR count). The minimum atomic E-state index is -0.114. The highest BCUT2D eigenvalue weighted by molar-refractivity contribution is 5.82. The van der Waals surface area contributed by atoms with Crippen molar-refractivity contribution in [3.05, 3.63) is 46.7 Å². The molecule has 1 saturated heterocycles. The second kappa shape index (κ2) is 7.55. The van der Waals surface area contributed by atoms with E-state index in [2.05, 4.69) is 5.10 Å². The average Bonchev–Trinajstić information content (AvgIpc) is 2.63. The van der Waals surface area contributed by atoms with Gasteiger partial charge in [-0.3, -0.25) is 4.79 Å². The summed E-state index contributed by atoms with van der Waals surface area (Å²) in [6.45, 7) is 1.47. The number of aromatic nitrogens is 2. The first-order valence-corrected chi connectivity index (χ1v) is 7.93. The van der Waals surface area contributed by atoms with Gasteiger partial charge in [0.15, 0.2) is 0 Å². The molecule has 1 aliphatic rings. The number of hydrogen-bond donors (Lipinski definition) is 1. The van der Waals surface area contributed by atoms with Gasteiger partial charge in [-0.1, -0.05) is 0 Å². The van der Waals surface area contributed by atoms with Gasteiger partial charge in [-0.15, -0.1) is 0 Å². The van der Waals surface area contributed by atoms with Gasteiger partial charge < -0.3 is 15.2 Å². The van der Waals surface area contributed by atoms with Crippen LogP contribution in [0, 0.1) is 0 Å². The lowest BCUT2D eigenvalue weighted by molar-refractivity contribution is 0.0650. The number of ether oxygens (including phenoxy) is 2. The number of rotatable bonds is 5. The molecular formula is C17H20FN3O3. The molecule has 0 aliphatic carbocycles. The summed E-state index contributed by atoms with van der Waals surface area (Å²) in [5.74, 6) is 0.542. The van der Waals surface area contributed by atoms with Gasteiger partial charge in [-0.05, 0) is 31.0 Å². The second-order valence-electron chi connectivity index (χ2n) is 5.75. The molecule has 0 atom stereocenters. The Morgan fingerprint density at radius 1 is 1.46 bits per heavy atom. The van der Waals surface area contributed by atoms with Crippen molar-refractivity contribution in [3.8, 4) is 5.75 Å². The molecule has 128 valence electrons. The van der Waals surface area contributed by atoms with Gasteiger partial charge in [0, 0.05) is 30.7 Å². The van der Waals surface area contributed by atoms with Crippen LogP contribution in [0.1, 0.15) is 18.9 Å². The van der Waals surface area contributed by atoms with Gasteiger partial charge in [0.2, 0.25) is 0 Å². The predicted molar refractivity (Wildman–Crippen MR) is 88.8 cm³/mol. The first kappa shape index (κ1) is 16.6. The zero-order valence-corrected chi connectivity index (χ0v) is 13.3. The average molecular weight is 333 g/mol. The van der Waals surface area contributed by atoms with Crippen molar-refractivity contribution < 1.29 is 13.9 Å². The van der Waals surface area contributed by atoms with Gasteiger partial charge in [0.05, 0.1) is 24.0 Å². The summed E-state index contributed by atoms with van der Waals surface area (Å²) in [6.07, 6.45) is 3.69. The molecule has 0 unspecified atom stereocenters. The monoisotopic (exact) mass is 333 g/mol. The molecule has 1 aromatic carbocycles. The topological polar surface area (TPSA) is 79.4 Å². The number of nitrogens with zero attached hydrogens (tertiary/aromatic N) is 2. The maximum Gasteiger partial charge on any atom is 0.274 e. The molecule has 1 fully saturated rings. The molecule has 24 heavy (non-hydrogen) atoms. The van der Waals surface area contributed by atoms with E-state index >= 15 is 0 Å². The fourth-order valence-electron chi connectivity index (χ4n) is 2.73. The number of nitrogens with two attached hydrogens (primary N) is 1. The molecule has 1 aliphatic heterocycles. The Kier molecular flexibility index (Phi) is 5.22. The SMILES string of the molecule is NC/C(=C\F)COc1ccc2c(=O)n(C3CCOCC3)ncc2c1. The fraction of sp³-hybridized carbons (Fsp3) is 0.412. The highest BCUT2D eigenvalue weighted by atomic mass is 19.1. The Morgan fingerprint density at radius 2 is 2.25 bits per heavy atom. The first-order valence-electron chi connectivity index (χ1n) is 7.93. The minimum absolute atomic E-state index is 0.0745. The number of benzene rings is 1. The standard InChI is InChI=1S/C17H20FN3O3/c18-8-12(9-19)11-24-15-1-2-16-13(7-15)10-20-21(17(16)22)14-3-5-23-6-4-14/h1-2,7-8,10,14H,3-6,9,11,19H2/b12-8+. The van der Waals surface area contributed by atoms with E-state index in [4.69, 9.17) is 15.2 Å². The number of halogens is 1. The van der Waals surface area contributed by atoms with Crippen LogP contribution < -0.4 is 16.0 Å². The summed E-state index contributed by atoms with van der Waals surface area (Å²) < 4.78 is 24.9. The second-order valence-corrected chi connectivity index (χ2v) is 5.75. The smallest absolute Gasteiger partial charge is 0.274 e. The van der Waals surface area contributed by atoms with E-state index in [9.17, 15) is 9.18 Å². The molecule has 0 bridgehead atoms. The highest BCUT2D eigenvalue weighted by Gasteiger charge is 2.18. The van der Waals surface area contributed by atoms with Gasteiger partial charge in [0.1, 0.15) is 12.4 Å². The molecule has 2 N–H and O–H groups in total. The van der Waals surface area contributed by atoms with Gasteiger partial charge in [-0.2, -0.15) is 5.10 Å². The van der Waals surface area contributed by atoms with Crippen LogP contribution in [-0.2, 0) is 4.74 Å². The Morgan fingerprint density at radius 3 is 2.96 bits per heavy atom. The Bertz CT molecular complexity index is 797. The van der Waals surface area contributed by atoms with Crippen molar-refractivity contribution in [1.82, 2.24) is 9.78 Å². The lowest BCUT2D eigenvalue weighted by Gasteiger charge is -2.23. The summed E-state index contributed by atoms with van der Waals surface area (Å²) in [6, 6.07) is 5.22. The zero-order valence-electron chi connectivity index (χ0n) is 13.3. The third kappa shape index (κ3) is 3.47. The van der Waals surface area contributed by atoms with Crippen LogP contribution in [0.4, 0.5) is 4.39 Å². The van der Waals surface area contributed by atoms with Crippen LogP contribution >= 0.6 is 0 Å². The van der Waals surface area contributed by atoms with Crippen LogP contribution in [0.25, 0.3) is 10.8 Å². The molecule has 0 spiro atoms. The van der Waals surface area contributed by atoms with Crippen LogP contribution in [0.2, 0.25) is 0 Å². The quantitative estimate of drug-likeness (QED) is 0.904. The lowest BCUT2D eigenvalue weighted by Crippen LogP contribution is -2.31. The van der Waals surface area contributed by atoms with E-state index in [1.165, 1.54) is 0 Å². The van der Waals surface area contributed by atoms with Gasteiger partial charge >= 0.3 is 0 Å². The Labute approximate surface area is 138 Å². The summed E-state index contributed by atoms with van der Waals surface area (Å²) >= 11 is 0.